The highest BCUT2D eigenvalue weighted by Crippen LogP contribution is 2.26. The number of carbonyl (C=O) groups is 1. The molecular weight excluding hydrogens is 310 g/mol. The highest BCUT2D eigenvalue weighted by Gasteiger charge is 2.26. The molecule has 0 unspecified atom stereocenters. The first-order valence-electron chi connectivity index (χ1n) is 7.87. The first kappa shape index (κ1) is 16.0. The summed E-state index contributed by atoms with van der Waals surface area (Å²) in [4.78, 5) is 14.4. The molecule has 1 aliphatic rings. The molecule has 1 amide bonds. The predicted octanol–water partition coefficient (Wildman–Crippen LogP) is 2.38. The van der Waals surface area contributed by atoms with Gasteiger partial charge in [-0.1, -0.05) is 23.9 Å². The van der Waals surface area contributed by atoms with E-state index >= 15 is 0 Å². The molecule has 1 fully saturated rings. The fraction of sp³-hybridized carbons (Fsp3) is 0.500. The van der Waals surface area contributed by atoms with E-state index in [0.29, 0.717) is 5.16 Å². The number of aromatic nitrogens is 4. The number of thioether (sulfide) groups is 1. The van der Waals surface area contributed by atoms with Crippen LogP contribution in [0.25, 0.3) is 5.69 Å². The summed E-state index contributed by atoms with van der Waals surface area (Å²) >= 11 is 1.42. The average Bonchev–Trinajstić information content (AvgIpc) is 3.20. The molecule has 0 aliphatic carbocycles. The van der Waals surface area contributed by atoms with E-state index < -0.39 is 0 Å². The van der Waals surface area contributed by atoms with E-state index in [-0.39, 0.29) is 11.2 Å². The number of benzene rings is 1. The molecule has 0 N–H and O–H groups in total. The van der Waals surface area contributed by atoms with E-state index in [9.17, 15) is 4.79 Å². The number of carbonyl (C=O) groups excluding carboxylic acids is 1. The zero-order valence-corrected chi connectivity index (χ0v) is 14.5. The van der Waals surface area contributed by atoms with E-state index in [2.05, 4.69) is 33.7 Å². The van der Waals surface area contributed by atoms with E-state index in [1.165, 1.54) is 11.8 Å². The molecule has 6 nitrogen and oxygen atoms in total. The van der Waals surface area contributed by atoms with Crippen LogP contribution in [0.3, 0.4) is 0 Å². The Morgan fingerprint density at radius 1 is 1.26 bits per heavy atom. The van der Waals surface area contributed by atoms with Gasteiger partial charge in [0, 0.05) is 13.1 Å². The van der Waals surface area contributed by atoms with Crippen molar-refractivity contribution in [1.82, 2.24) is 25.1 Å². The molecule has 122 valence electrons. The Labute approximate surface area is 140 Å². The summed E-state index contributed by atoms with van der Waals surface area (Å²) in [6.45, 7) is 7.73. The number of hydrogen-bond donors (Lipinski definition) is 0. The van der Waals surface area contributed by atoms with Crippen molar-refractivity contribution in [3.8, 4) is 5.69 Å². The monoisotopic (exact) mass is 331 g/mol. The molecule has 1 saturated heterocycles. The largest absolute Gasteiger partial charge is 0.342 e. The van der Waals surface area contributed by atoms with Gasteiger partial charge in [0.15, 0.2) is 0 Å². The van der Waals surface area contributed by atoms with Crippen molar-refractivity contribution in [3.05, 3.63) is 29.3 Å². The Hall–Kier alpha value is -1.89. The Bertz CT molecular complexity index is 708. The van der Waals surface area contributed by atoms with Gasteiger partial charge in [-0.3, -0.25) is 4.79 Å². The van der Waals surface area contributed by atoms with Crippen LogP contribution in [0.2, 0.25) is 0 Å². The normalized spacial score (nSPS) is 15.9. The summed E-state index contributed by atoms with van der Waals surface area (Å²) < 4.78 is 1.72. The van der Waals surface area contributed by atoms with Gasteiger partial charge in [0.1, 0.15) is 0 Å². The molecule has 0 radical (unpaired) electrons. The molecule has 0 bridgehead atoms. The number of rotatable bonds is 4. The van der Waals surface area contributed by atoms with Crippen molar-refractivity contribution in [2.24, 2.45) is 0 Å². The Morgan fingerprint density at radius 3 is 2.74 bits per heavy atom. The van der Waals surface area contributed by atoms with Crippen LogP contribution in [0.5, 0.6) is 0 Å². The highest BCUT2D eigenvalue weighted by atomic mass is 32.2. The van der Waals surface area contributed by atoms with Crippen molar-refractivity contribution in [1.29, 1.82) is 0 Å². The van der Waals surface area contributed by atoms with Crippen LogP contribution in [0.4, 0.5) is 0 Å². The molecule has 1 aromatic carbocycles. The van der Waals surface area contributed by atoms with E-state index in [1.54, 1.807) is 4.68 Å². The van der Waals surface area contributed by atoms with Crippen molar-refractivity contribution in [2.75, 3.05) is 13.1 Å². The fourth-order valence-electron chi connectivity index (χ4n) is 2.75. The van der Waals surface area contributed by atoms with Gasteiger partial charge in [-0.25, -0.2) is 0 Å². The van der Waals surface area contributed by atoms with Crippen LogP contribution >= 0.6 is 11.8 Å². The molecule has 2 heterocycles. The smallest absolute Gasteiger partial charge is 0.235 e. The highest BCUT2D eigenvalue weighted by molar-refractivity contribution is 8.00. The van der Waals surface area contributed by atoms with Gasteiger partial charge in [0.05, 0.1) is 10.9 Å². The van der Waals surface area contributed by atoms with E-state index in [4.69, 9.17) is 0 Å². The number of tetrazole rings is 1. The summed E-state index contributed by atoms with van der Waals surface area (Å²) in [6, 6.07) is 6.18. The van der Waals surface area contributed by atoms with Gasteiger partial charge in [-0.05, 0) is 61.2 Å². The quantitative estimate of drug-likeness (QED) is 0.805. The molecule has 3 rings (SSSR count). The third-order valence-electron chi connectivity index (χ3n) is 4.08. The molecule has 7 heteroatoms. The van der Waals surface area contributed by atoms with Crippen LogP contribution in [-0.4, -0.2) is 49.4 Å². The third-order valence-corrected chi connectivity index (χ3v) is 5.10. The molecule has 1 aliphatic heterocycles. The molecule has 23 heavy (non-hydrogen) atoms. The van der Waals surface area contributed by atoms with Gasteiger partial charge < -0.3 is 4.90 Å². The molecule has 0 saturated carbocycles. The summed E-state index contributed by atoms with van der Waals surface area (Å²) in [5, 5.41) is 12.5. The summed E-state index contributed by atoms with van der Waals surface area (Å²) in [7, 11) is 0. The van der Waals surface area contributed by atoms with Crippen molar-refractivity contribution >= 4 is 17.7 Å². The number of amides is 1. The van der Waals surface area contributed by atoms with Crippen molar-refractivity contribution in [3.63, 3.8) is 0 Å². The first-order valence-corrected chi connectivity index (χ1v) is 8.75. The summed E-state index contributed by atoms with van der Waals surface area (Å²) in [6.07, 6.45) is 2.20. The SMILES string of the molecule is Cc1ccc(C)c(-n2nnnc2S[C@H](C)C(=O)N2CCCC2)c1. The van der Waals surface area contributed by atoms with Crippen molar-refractivity contribution < 1.29 is 4.79 Å². The van der Waals surface area contributed by atoms with Gasteiger partial charge in [0.2, 0.25) is 11.1 Å². The summed E-state index contributed by atoms with van der Waals surface area (Å²) in [5.41, 5.74) is 3.21. The minimum Gasteiger partial charge on any atom is -0.342 e. The standard InChI is InChI=1S/C16H21N5OS/c1-11-6-7-12(2)14(10-11)21-16(17-18-19-21)23-13(3)15(22)20-8-4-5-9-20/h6-7,10,13H,4-5,8-9H2,1-3H3/t13-/m1/s1. The van der Waals surface area contributed by atoms with Crippen molar-refractivity contribution in [2.45, 2.75) is 44.0 Å². The second-order valence-electron chi connectivity index (χ2n) is 5.96. The Balaban J connectivity index is 1.81. The van der Waals surface area contributed by atoms with Gasteiger partial charge >= 0.3 is 0 Å². The fourth-order valence-corrected chi connectivity index (χ4v) is 3.64. The predicted molar refractivity (Wildman–Crippen MR) is 89.8 cm³/mol. The van der Waals surface area contributed by atoms with Crippen LogP contribution in [-0.2, 0) is 4.79 Å². The first-order chi connectivity index (χ1) is 11.1. The lowest BCUT2D eigenvalue weighted by molar-refractivity contribution is -0.129. The number of hydrogen-bond acceptors (Lipinski definition) is 5. The second-order valence-corrected chi connectivity index (χ2v) is 7.26. The third kappa shape index (κ3) is 3.39. The Morgan fingerprint density at radius 2 is 2.00 bits per heavy atom. The molecule has 2 aromatic rings. The lowest BCUT2D eigenvalue weighted by atomic mass is 10.1. The molecule has 1 aromatic heterocycles. The zero-order chi connectivity index (χ0) is 16.4. The van der Waals surface area contributed by atoms with E-state index in [0.717, 1.165) is 42.7 Å². The van der Waals surface area contributed by atoms with Gasteiger partial charge in [-0.2, -0.15) is 4.68 Å². The van der Waals surface area contributed by atoms with Crippen LogP contribution in [0.1, 0.15) is 30.9 Å². The average molecular weight is 331 g/mol. The zero-order valence-electron chi connectivity index (χ0n) is 13.7. The minimum absolute atomic E-state index is 0.169. The molecule has 1 atom stereocenters. The maximum Gasteiger partial charge on any atom is 0.235 e. The van der Waals surface area contributed by atoms with Crippen LogP contribution in [0.15, 0.2) is 23.4 Å². The maximum atomic E-state index is 12.5. The lowest BCUT2D eigenvalue weighted by Crippen LogP contribution is -2.34. The topological polar surface area (TPSA) is 63.9 Å². The Kier molecular flexibility index (Phi) is 4.66. The second kappa shape index (κ2) is 6.70. The number of likely N-dealkylation sites (tertiary alicyclic amines) is 1. The minimum atomic E-state index is -0.192. The number of aryl methyl sites for hydroxylation is 2. The van der Waals surface area contributed by atoms with Gasteiger partial charge in [0.25, 0.3) is 0 Å². The van der Waals surface area contributed by atoms with E-state index in [1.807, 2.05) is 25.7 Å². The van der Waals surface area contributed by atoms with Gasteiger partial charge in [-0.15, -0.1) is 5.10 Å². The van der Waals surface area contributed by atoms with Crippen LogP contribution in [0, 0.1) is 13.8 Å². The summed E-state index contributed by atoms with van der Waals surface area (Å²) in [5.74, 6) is 0.169. The number of nitrogens with zero attached hydrogens (tertiary/aromatic N) is 5. The molecular formula is C16H21N5OS. The lowest BCUT2D eigenvalue weighted by Gasteiger charge is -2.19. The molecule has 0 spiro atoms. The maximum absolute atomic E-state index is 12.5. The van der Waals surface area contributed by atoms with Crippen LogP contribution < -0.4 is 0 Å².